The van der Waals surface area contributed by atoms with Crippen molar-refractivity contribution in [2.45, 2.75) is 19.4 Å². The summed E-state index contributed by atoms with van der Waals surface area (Å²) in [5.74, 6) is -0.274. The smallest absolute Gasteiger partial charge is 0.252 e. The Morgan fingerprint density at radius 3 is 2.80 bits per heavy atom. The lowest BCUT2D eigenvalue weighted by molar-refractivity contribution is -0.134. The van der Waals surface area contributed by atoms with Crippen LogP contribution in [0.5, 0.6) is 0 Å². The van der Waals surface area contributed by atoms with Crippen molar-refractivity contribution < 1.29 is 9.59 Å². The summed E-state index contributed by atoms with van der Waals surface area (Å²) < 4.78 is 0. The molecule has 1 aliphatic heterocycles. The predicted molar refractivity (Wildman–Crippen MR) is 76.3 cm³/mol. The maximum atomic E-state index is 12.5. The highest BCUT2D eigenvalue weighted by atomic mass is 16.2. The molecule has 1 aliphatic rings. The fraction of sp³-hybridized carbons (Fsp3) is 0.267. The van der Waals surface area contributed by atoms with Gasteiger partial charge in [0, 0.05) is 11.6 Å². The van der Waals surface area contributed by atoms with Gasteiger partial charge in [0.1, 0.15) is 12.1 Å². The van der Waals surface area contributed by atoms with Crippen LogP contribution in [-0.4, -0.2) is 28.9 Å². The standard InChI is InChI=1S/C15H15N3O2/c1-15(2)14(20)18(9-13(19)17-15)12-7-3-6-11-10(12)5-4-8-16-11/h3-8H,9H2,1-2H3,(H,17,19). The minimum Gasteiger partial charge on any atom is -0.341 e. The average Bonchev–Trinajstić information content (AvgIpc) is 2.42. The first-order valence-corrected chi connectivity index (χ1v) is 6.46. The Balaban J connectivity index is 2.15. The van der Waals surface area contributed by atoms with Crippen LogP contribution in [0.25, 0.3) is 10.9 Å². The summed E-state index contributed by atoms with van der Waals surface area (Å²) in [6, 6.07) is 9.31. The van der Waals surface area contributed by atoms with Crippen molar-refractivity contribution in [2.75, 3.05) is 11.4 Å². The van der Waals surface area contributed by atoms with Crippen molar-refractivity contribution in [3.63, 3.8) is 0 Å². The molecule has 1 aromatic heterocycles. The van der Waals surface area contributed by atoms with Crippen molar-refractivity contribution in [1.82, 2.24) is 10.3 Å². The highest BCUT2D eigenvalue weighted by molar-refractivity contribution is 6.12. The number of fused-ring (bicyclic) bond motifs is 1. The van der Waals surface area contributed by atoms with Crippen LogP contribution < -0.4 is 10.2 Å². The summed E-state index contributed by atoms with van der Waals surface area (Å²) in [4.78, 5) is 30.2. The van der Waals surface area contributed by atoms with Gasteiger partial charge < -0.3 is 10.2 Å². The molecule has 0 spiro atoms. The molecule has 2 amide bonds. The minimum absolute atomic E-state index is 0.0380. The van der Waals surface area contributed by atoms with Gasteiger partial charge in [-0.05, 0) is 38.1 Å². The van der Waals surface area contributed by atoms with Crippen LogP contribution in [0.3, 0.4) is 0 Å². The molecule has 0 aliphatic carbocycles. The van der Waals surface area contributed by atoms with Crippen LogP contribution in [-0.2, 0) is 9.59 Å². The molecule has 1 fully saturated rings. The molecule has 3 rings (SSSR count). The van der Waals surface area contributed by atoms with E-state index in [1.54, 1.807) is 20.0 Å². The number of nitrogens with one attached hydrogen (secondary N) is 1. The predicted octanol–water partition coefficient (Wildman–Crippen LogP) is 1.48. The largest absolute Gasteiger partial charge is 0.341 e. The summed E-state index contributed by atoms with van der Waals surface area (Å²) >= 11 is 0. The van der Waals surface area contributed by atoms with Crippen LogP contribution in [0, 0.1) is 0 Å². The molecule has 2 aromatic rings. The van der Waals surface area contributed by atoms with Gasteiger partial charge in [-0.1, -0.05) is 6.07 Å². The molecular formula is C15H15N3O2. The van der Waals surface area contributed by atoms with Crippen LogP contribution in [0.2, 0.25) is 0 Å². The lowest BCUT2D eigenvalue weighted by Crippen LogP contribution is -2.64. The van der Waals surface area contributed by atoms with E-state index < -0.39 is 5.54 Å². The highest BCUT2D eigenvalue weighted by Crippen LogP contribution is 2.28. The third-order valence-electron chi connectivity index (χ3n) is 3.45. The van der Waals surface area contributed by atoms with E-state index in [0.29, 0.717) is 0 Å². The second-order valence-electron chi connectivity index (χ2n) is 5.41. The molecule has 0 radical (unpaired) electrons. The van der Waals surface area contributed by atoms with Gasteiger partial charge in [-0.25, -0.2) is 0 Å². The van der Waals surface area contributed by atoms with Crippen molar-refractivity contribution >= 4 is 28.4 Å². The second kappa shape index (κ2) is 4.30. The zero-order valence-electron chi connectivity index (χ0n) is 11.4. The van der Waals surface area contributed by atoms with Gasteiger partial charge in [0.2, 0.25) is 5.91 Å². The van der Waals surface area contributed by atoms with Gasteiger partial charge >= 0.3 is 0 Å². The fourth-order valence-corrected chi connectivity index (χ4v) is 2.51. The lowest BCUT2D eigenvalue weighted by Gasteiger charge is -2.37. The minimum atomic E-state index is -0.889. The molecule has 0 saturated carbocycles. The zero-order chi connectivity index (χ0) is 14.3. The molecule has 1 saturated heterocycles. The number of pyridine rings is 1. The number of piperazine rings is 1. The van der Waals surface area contributed by atoms with E-state index in [1.807, 2.05) is 30.3 Å². The van der Waals surface area contributed by atoms with Gasteiger partial charge in [-0.15, -0.1) is 0 Å². The van der Waals surface area contributed by atoms with Crippen molar-refractivity contribution in [2.24, 2.45) is 0 Å². The molecule has 5 heteroatoms. The molecule has 20 heavy (non-hydrogen) atoms. The third kappa shape index (κ3) is 1.91. The van der Waals surface area contributed by atoms with Gasteiger partial charge in [0.25, 0.3) is 5.91 Å². The van der Waals surface area contributed by atoms with Crippen molar-refractivity contribution in [1.29, 1.82) is 0 Å². The van der Waals surface area contributed by atoms with E-state index >= 15 is 0 Å². The third-order valence-corrected chi connectivity index (χ3v) is 3.45. The molecule has 0 unspecified atom stereocenters. The number of hydrogen-bond donors (Lipinski definition) is 1. The van der Waals surface area contributed by atoms with E-state index in [9.17, 15) is 9.59 Å². The Morgan fingerprint density at radius 1 is 1.20 bits per heavy atom. The summed E-state index contributed by atoms with van der Waals surface area (Å²) in [5, 5.41) is 3.58. The van der Waals surface area contributed by atoms with E-state index in [-0.39, 0.29) is 18.4 Å². The number of carbonyl (C=O) groups is 2. The second-order valence-corrected chi connectivity index (χ2v) is 5.41. The zero-order valence-corrected chi connectivity index (χ0v) is 11.4. The quantitative estimate of drug-likeness (QED) is 0.853. The van der Waals surface area contributed by atoms with E-state index in [4.69, 9.17) is 0 Å². The fourth-order valence-electron chi connectivity index (χ4n) is 2.51. The Hall–Kier alpha value is -2.43. The number of aromatic nitrogens is 1. The molecule has 1 aromatic carbocycles. The number of benzene rings is 1. The van der Waals surface area contributed by atoms with Crippen molar-refractivity contribution in [3.8, 4) is 0 Å². The SMILES string of the molecule is CC1(C)NC(=O)CN(c2cccc3ncccc23)C1=O. The van der Waals surface area contributed by atoms with Crippen molar-refractivity contribution in [3.05, 3.63) is 36.5 Å². The molecule has 0 atom stereocenters. The Labute approximate surface area is 116 Å². The molecule has 102 valence electrons. The first kappa shape index (κ1) is 12.6. The van der Waals surface area contributed by atoms with Gasteiger partial charge in [-0.2, -0.15) is 0 Å². The monoisotopic (exact) mass is 269 g/mol. The lowest BCUT2D eigenvalue weighted by atomic mass is 9.99. The highest BCUT2D eigenvalue weighted by Gasteiger charge is 2.40. The Kier molecular flexibility index (Phi) is 2.71. The summed E-state index contributed by atoms with van der Waals surface area (Å²) in [7, 11) is 0. The number of rotatable bonds is 1. The normalized spacial score (nSPS) is 18.2. The molecule has 2 heterocycles. The maximum absolute atomic E-state index is 12.5. The van der Waals surface area contributed by atoms with Gasteiger partial charge in [0.15, 0.2) is 0 Å². The number of amides is 2. The van der Waals surface area contributed by atoms with Gasteiger partial charge in [0.05, 0.1) is 11.2 Å². The van der Waals surface area contributed by atoms with E-state index in [0.717, 1.165) is 16.6 Å². The Bertz CT molecular complexity index is 704. The maximum Gasteiger partial charge on any atom is 0.252 e. The molecule has 0 bridgehead atoms. The van der Waals surface area contributed by atoms with E-state index in [1.165, 1.54) is 4.90 Å². The van der Waals surface area contributed by atoms with Crippen LogP contribution in [0.4, 0.5) is 5.69 Å². The van der Waals surface area contributed by atoms with Crippen LogP contribution >= 0.6 is 0 Å². The topological polar surface area (TPSA) is 62.3 Å². The van der Waals surface area contributed by atoms with E-state index in [2.05, 4.69) is 10.3 Å². The Morgan fingerprint density at radius 2 is 2.00 bits per heavy atom. The summed E-state index contributed by atoms with van der Waals surface area (Å²) in [6.45, 7) is 3.46. The number of nitrogens with zero attached hydrogens (tertiary/aromatic N) is 2. The molecule has 1 N–H and O–H groups in total. The molecular weight excluding hydrogens is 254 g/mol. The number of anilines is 1. The molecule has 5 nitrogen and oxygen atoms in total. The van der Waals surface area contributed by atoms with Crippen LogP contribution in [0.1, 0.15) is 13.8 Å². The number of carbonyl (C=O) groups excluding carboxylic acids is 2. The number of hydrogen-bond acceptors (Lipinski definition) is 3. The average molecular weight is 269 g/mol. The summed E-state index contributed by atoms with van der Waals surface area (Å²) in [5.41, 5.74) is 0.643. The summed E-state index contributed by atoms with van der Waals surface area (Å²) in [6.07, 6.45) is 1.71. The van der Waals surface area contributed by atoms with Gasteiger partial charge in [-0.3, -0.25) is 14.6 Å². The first-order valence-electron chi connectivity index (χ1n) is 6.46. The van der Waals surface area contributed by atoms with Crippen LogP contribution in [0.15, 0.2) is 36.5 Å². The first-order chi connectivity index (χ1) is 9.49.